The third-order valence-corrected chi connectivity index (χ3v) is 3.55. The molecule has 3 heteroatoms. The van der Waals surface area contributed by atoms with Gasteiger partial charge in [-0.25, -0.2) is 0 Å². The second-order valence-corrected chi connectivity index (χ2v) is 5.32. The quantitative estimate of drug-likeness (QED) is 0.606. The van der Waals surface area contributed by atoms with Crippen molar-refractivity contribution in [3.63, 3.8) is 0 Å². The van der Waals surface area contributed by atoms with Gasteiger partial charge in [-0.05, 0) is 43.3 Å². The highest BCUT2D eigenvalue weighted by Gasteiger charge is 1.97. The summed E-state index contributed by atoms with van der Waals surface area (Å²) >= 11 is 1.78. The largest absolute Gasteiger partial charge is 0.493 e. The van der Waals surface area contributed by atoms with E-state index < -0.39 is 0 Å². The maximum atomic E-state index is 8.70. The van der Waals surface area contributed by atoms with Gasteiger partial charge in [0.15, 0.2) is 0 Å². The van der Waals surface area contributed by atoms with E-state index >= 15 is 0 Å². The summed E-state index contributed by atoms with van der Waals surface area (Å²) in [6, 6.07) is 17.7. The molecule has 0 fully saturated rings. The molecule has 0 unspecified atom stereocenters. The van der Waals surface area contributed by atoms with Crippen LogP contribution < -0.4 is 4.74 Å². The van der Waals surface area contributed by atoms with E-state index in [-0.39, 0.29) is 0 Å². The lowest BCUT2D eigenvalue weighted by Crippen LogP contribution is -1.99. The van der Waals surface area contributed by atoms with Crippen molar-refractivity contribution in [2.24, 2.45) is 0 Å². The van der Waals surface area contributed by atoms with Crippen LogP contribution in [0.1, 0.15) is 11.1 Å². The number of hydrogen-bond acceptors (Lipinski definition) is 3. The average Bonchev–Trinajstić information content (AvgIpc) is 2.44. The maximum absolute atomic E-state index is 8.70. The normalized spacial score (nSPS) is 9.89. The van der Waals surface area contributed by atoms with Crippen LogP contribution in [0.15, 0.2) is 53.4 Å². The van der Waals surface area contributed by atoms with Crippen molar-refractivity contribution in [2.75, 3.05) is 12.4 Å². The summed E-state index contributed by atoms with van der Waals surface area (Å²) in [5, 5.41) is 8.70. The summed E-state index contributed by atoms with van der Waals surface area (Å²) in [5.74, 6) is 1.72. The number of hydrogen-bond donors (Lipinski definition) is 0. The first-order valence-electron chi connectivity index (χ1n) is 6.10. The van der Waals surface area contributed by atoms with Crippen LogP contribution in [-0.2, 0) is 0 Å². The van der Waals surface area contributed by atoms with E-state index in [9.17, 15) is 0 Å². The van der Waals surface area contributed by atoms with Crippen molar-refractivity contribution in [1.29, 1.82) is 5.26 Å². The summed E-state index contributed by atoms with van der Waals surface area (Å²) < 4.78 is 5.63. The first kappa shape index (κ1) is 13.5. The molecule has 2 rings (SSSR count). The fraction of sp³-hybridized carbons (Fsp3) is 0.188. The SMILES string of the molecule is Cc1cccc(SCCOc2ccc(C#N)cc2)c1. The molecule has 0 amide bonds. The molecule has 0 bridgehead atoms. The number of ether oxygens (including phenoxy) is 1. The van der Waals surface area contributed by atoms with Crippen LogP contribution in [0, 0.1) is 18.3 Å². The maximum Gasteiger partial charge on any atom is 0.119 e. The van der Waals surface area contributed by atoms with Gasteiger partial charge in [-0.3, -0.25) is 0 Å². The molecule has 0 aliphatic heterocycles. The fourth-order valence-electron chi connectivity index (χ4n) is 1.65. The molecule has 0 saturated heterocycles. The van der Waals surface area contributed by atoms with Gasteiger partial charge < -0.3 is 4.74 Å². The Morgan fingerprint density at radius 2 is 1.95 bits per heavy atom. The standard InChI is InChI=1S/C16H15NOS/c1-13-3-2-4-16(11-13)19-10-9-18-15-7-5-14(12-17)6-8-15/h2-8,11H,9-10H2,1H3. The predicted octanol–water partition coefficient (Wildman–Crippen LogP) is 4.04. The van der Waals surface area contributed by atoms with Gasteiger partial charge in [0.05, 0.1) is 18.2 Å². The average molecular weight is 269 g/mol. The Bertz CT molecular complexity index is 572. The van der Waals surface area contributed by atoms with Gasteiger partial charge in [0.1, 0.15) is 5.75 Å². The minimum absolute atomic E-state index is 0.654. The zero-order valence-corrected chi connectivity index (χ0v) is 11.6. The topological polar surface area (TPSA) is 33.0 Å². The van der Waals surface area contributed by atoms with Crippen LogP contribution in [0.4, 0.5) is 0 Å². The lowest BCUT2D eigenvalue weighted by atomic mass is 10.2. The molecule has 2 nitrogen and oxygen atoms in total. The van der Waals surface area contributed by atoms with Gasteiger partial charge in [-0.1, -0.05) is 17.7 Å². The first-order chi connectivity index (χ1) is 9.28. The molecule has 0 heterocycles. The molecule has 0 aliphatic rings. The highest BCUT2D eigenvalue weighted by atomic mass is 32.2. The Morgan fingerprint density at radius 1 is 1.16 bits per heavy atom. The lowest BCUT2D eigenvalue weighted by molar-refractivity contribution is 0.344. The molecule has 2 aromatic rings. The Morgan fingerprint density at radius 3 is 2.63 bits per heavy atom. The second-order valence-electron chi connectivity index (χ2n) is 4.15. The molecule has 96 valence electrons. The van der Waals surface area contributed by atoms with Crippen molar-refractivity contribution in [3.8, 4) is 11.8 Å². The third-order valence-electron chi connectivity index (χ3n) is 2.59. The van der Waals surface area contributed by atoms with Gasteiger partial charge >= 0.3 is 0 Å². The zero-order valence-electron chi connectivity index (χ0n) is 10.8. The number of thioether (sulfide) groups is 1. The van der Waals surface area contributed by atoms with E-state index in [0.717, 1.165) is 11.5 Å². The van der Waals surface area contributed by atoms with Crippen LogP contribution in [0.3, 0.4) is 0 Å². The van der Waals surface area contributed by atoms with E-state index in [1.54, 1.807) is 23.9 Å². The number of rotatable bonds is 5. The van der Waals surface area contributed by atoms with E-state index in [2.05, 4.69) is 37.3 Å². The molecule has 2 aromatic carbocycles. The fourth-order valence-corrected chi connectivity index (χ4v) is 2.50. The summed E-state index contributed by atoms with van der Waals surface area (Å²) in [4.78, 5) is 1.27. The highest BCUT2D eigenvalue weighted by Crippen LogP contribution is 2.19. The van der Waals surface area contributed by atoms with E-state index in [1.807, 2.05) is 12.1 Å². The first-order valence-corrected chi connectivity index (χ1v) is 7.09. The smallest absolute Gasteiger partial charge is 0.119 e. The van der Waals surface area contributed by atoms with Crippen molar-refractivity contribution < 1.29 is 4.74 Å². The van der Waals surface area contributed by atoms with Crippen LogP contribution in [0.5, 0.6) is 5.75 Å². The molecule has 0 atom stereocenters. The summed E-state index contributed by atoms with van der Waals surface area (Å²) in [6.07, 6.45) is 0. The molecule has 0 spiro atoms. The van der Waals surface area contributed by atoms with Gasteiger partial charge in [-0.15, -0.1) is 11.8 Å². The van der Waals surface area contributed by atoms with Gasteiger partial charge in [-0.2, -0.15) is 5.26 Å². The van der Waals surface area contributed by atoms with Crippen LogP contribution in [0.25, 0.3) is 0 Å². The summed E-state index contributed by atoms with van der Waals surface area (Å²) in [7, 11) is 0. The number of nitriles is 1. The lowest BCUT2D eigenvalue weighted by Gasteiger charge is -2.06. The predicted molar refractivity (Wildman–Crippen MR) is 78.6 cm³/mol. The highest BCUT2D eigenvalue weighted by molar-refractivity contribution is 7.99. The van der Waals surface area contributed by atoms with Crippen LogP contribution in [0.2, 0.25) is 0 Å². The van der Waals surface area contributed by atoms with Crippen LogP contribution >= 0.6 is 11.8 Å². The van der Waals surface area contributed by atoms with Gasteiger partial charge in [0.25, 0.3) is 0 Å². The van der Waals surface area contributed by atoms with Crippen LogP contribution in [-0.4, -0.2) is 12.4 Å². The molecule has 0 N–H and O–H groups in total. The van der Waals surface area contributed by atoms with E-state index in [4.69, 9.17) is 10.00 Å². The Balaban J connectivity index is 1.76. The number of aryl methyl sites for hydroxylation is 1. The molecule has 0 aromatic heterocycles. The molecule has 0 saturated carbocycles. The molecule has 0 radical (unpaired) electrons. The Labute approximate surface area is 118 Å². The second kappa shape index (κ2) is 6.86. The monoisotopic (exact) mass is 269 g/mol. The Kier molecular flexibility index (Phi) is 4.88. The van der Waals surface area contributed by atoms with Crippen molar-refractivity contribution in [2.45, 2.75) is 11.8 Å². The molecular formula is C16H15NOS. The van der Waals surface area contributed by atoms with E-state index in [0.29, 0.717) is 12.2 Å². The molecule has 0 aliphatic carbocycles. The summed E-state index contributed by atoms with van der Waals surface area (Å²) in [5.41, 5.74) is 1.93. The minimum Gasteiger partial charge on any atom is -0.493 e. The number of benzene rings is 2. The minimum atomic E-state index is 0.654. The molecular weight excluding hydrogens is 254 g/mol. The van der Waals surface area contributed by atoms with E-state index in [1.165, 1.54) is 10.5 Å². The zero-order chi connectivity index (χ0) is 13.5. The Hall–Kier alpha value is -1.92. The third kappa shape index (κ3) is 4.35. The van der Waals surface area contributed by atoms with Gasteiger partial charge in [0.2, 0.25) is 0 Å². The number of nitrogens with zero attached hydrogens (tertiary/aromatic N) is 1. The van der Waals surface area contributed by atoms with Crippen molar-refractivity contribution in [1.82, 2.24) is 0 Å². The van der Waals surface area contributed by atoms with Gasteiger partial charge in [0, 0.05) is 10.6 Å². The molecule has 19 heavy (non-hydrogen) atoms. The van der Waals surface area contributed by atoms with Crippen molar-refractivity contribution >= 4 is 11.8 Å². The van der Waals surface area contributed by atoms with Crippen molar-refractivity contribution in [3.05, 3.63) is 59.7 Å². The summed E-state index contributed by atoms with van der Waals surface area (Å²) in [6.45, 7) is 2.75.